The maximum atomic E-state index is 11.9. The third-order valence-corrected chi connectivity index (χ3v) is 4.40. The quantitative estimate of drug-likeness (QED) is 0.911. The Balaban J connectivity index is 2.67. The Hall–Kier alpha value is -0.670. The van der Waals surface area contributed by atoms with E-state index in [9.17, 15) is 4.21 Å². The minimum atomic E-state index is -0.893. The molecule has 1 aromatic rings. The summed E-state index contributed by atoms with van der Waals surface area (Å²) in [5.41, 5.74) is 8.10. The molecular weight excluding hydrogens is 242 g/mol. The van der Waals surface area contributed by atoms with Crippen molar-refractivity contribution < 1.29 is 4.21 Å². The second-order valence-corrected chi connectivity index (χ2v) is 8.12. The largest absolute Gasteiger partial charge is 0.325 e. The van der Waals surface area contributed by atoms with Crippen LogP contribution in [0, 0.1) is 0 Å². The summed E-state index contributed by atoms with van der Waals surface area (Å²) in [7, 11) is -0.893. The molecule has 0 heterocycles. The molecule has 0 aliphatic carbocycles. The first kappa shape index (κ1) is 15.4. The highest BCUT2D eigenvalue weighted by Gasteiger charge is 2.16. The standard InChI is InChI=1S/C15H25NOS/c1-14(2,3)13-8-6-12(7-9-13)10-18(17)11-15(4,5)16/h6-9H,10-11,16H2,1-5H3. The van der Waals surface area contributed by atoms with E-state index < -0.39 is 10.8 Å². The third-order valence-electron chi connectivity index (χ3n) is 2.68. The molecule has 0 spiro atoms. The minimum Gasteiger partial charge on any atom is -0.325 e. The van der Waals surface area contributed by atoms with Gasteiger partial charge in [-0.05, 0) is 30.4 Å². The highest BCUT2D eigenvalue weighted by Crippen LogP contribution is 2.22. The van der Waals surface area contributed by atoms with Gasteiger partial charge in [0.2, 0.25) is 0 Å². The van der Waals surface area contributed by atoms with Crippen molar-refractivity contribution in [2.75, 3.05) is 5.75 Å². The van der Waals surface area contributed by atoms with Crippen molar-refractivity contribution in [3.05, 3.63) is 35.4 Å². The van der Waals surface area contributed by atoms with Gasteiger partial charge in [-0.15, -0.1) is 0 Å². The maximum Gasteiger partial charge on any atom is 0.0486 e. The minimum absolute atomic E-state index is 0.164. The maximum absolute atomic E-state index is 11.9. The average molecular weight is 267 g/mol. The van der Waals surface area contributed by atoms with E-state index in [-0.39, 0.29) is 11.0 Å². The molecule has 0 amide bonds. The van der Waals surface area contributed by atoms with Crippen LogP contribution in [0.15, 0.2) is 24.3 Å². The summed E-state index contributed by atoms with van der Waals surface area (Å²) >= 11 is 0. The van der Waals surface area contributed by atoms with Crippen LogP contribution in [0.3, 0.4) is 0 Å². The number of hydrogen-bond donors (Lipinski definition) is 1. The number of nitrogens with two attached hydrogens (primary N) is 1. The Labute approximate surface area is 113 Å². The first-order chi connectivity index (χ1) is 8.08. The van der Waals surface area contributed by atoms with E-state index in [0.29, 0.717) is 11.5 Å². The van der Waals surface area contributed by atoms with Gasteiger partial charge in [0.25, 0.3) is 0 Å². The number of hydrogen-bond acceptors (Lipinski definition) is 2. The van der Waals surface area contributed by atoms with E-state index in [1.54, 1.807) is 0 Å². The molecule has 3 heteroatoms. The van der Waals surface area contributed by atoms with Crippen LogP contribution in [0.5, 0.6) is 0 Å². The van der Waals surface area contributed by atoms with Gasteiger partial charge >= 0.3 is 0 Å². The van der Waals surface area contributed by atoms with Crippen molar-refractivity contribution >= 4 is 10.8 Å². The average Bonchev–Trinajstić information content (AvgIpc) is 2.13. The summed E-state index contributed by atoms with van der Waals surface area (Å²) in [5, 5.41) is 0. The molecule has 0 saturated carbocycles. The zero-order valence-corrected chi connectivity index (χ0v) is 12.9. The molecule has 1 unspecified atom stereocenters. The molecule has 2 nitrogen and oxygen atoms in total. The first-order valence-electron chi connectivity index (χ1n) is 6.31. The summed E-state index contributed by atoms with van der Waals surface area (Å²) in [4.78, 5) is 0. The van der Waals surface area contributed by atoms with Gasteiger partial charge < -0.3 is 5.73 Å². The zero-order chi connectivity index (χ0) is 14.0. The summed E-state index contributed by atoms with van der Waals surface area (Å²) < 4.78 is 11.9. The lowest BCUT2D eigenvalue weighted by molar-refractivity contribution is 0.577. The van der Waals surface area contributed by atoms with E-state index in [0.717, 1.165) is 5.56 Å². The Morgan fingerprint density at radius 1 is 1.06 bits per heavy atom. The van der Waals surface area contributed by atoms with Crippen LogP contribution in [-0.2, 0) is 22.0 Å². The van der Waals surface area contributed by atoms with Gasteiger partial charge in [0, 0.05) is 27.8 Å². The van der Waals surface area contributed by atoms with Gasteiger partial charge in [-0.2, -0.15) is 0 Å². The van der Waals surface area contributed by atoms with Crippen LogP contribution in [-0.4, -0.2) is 15.5 Å². The monoisotopic (exact) mass is 267 g/mol. The van der Waals surface area contributed by atoms with Gasteiger partial charge in [0.1, 0.15) is 0 Å². The molecule has 0 fully saturated rings. The second kappa shape index (κ2) is 5.54. The highest BCUT2D eigenvalue weighted by molar-refractivity contribution is 7.84. The number of benzene rings is 1. The summed E-state index contributed by atoms with van der Waals surface area (Å²) in [6.07, 6.45) is 0. The molecule has 18 heavy (non-hydrogen) atoms. The molecule has 0 aromatic heterocycles. The van der Waals surface area contributed by atoms with Crippen LogP contribution in [0.25, 0.3) is 0 Å². The molecule has 1 aromatic carbocycles. The highest BCUT2D eigenvalue weighted by atomic mass is 32.2. The first-order valence-corrected chi connectivity index (χ1v) is 7.80. The fraction of sp³-hybridized carbons (Fsp3) is 0.600. The molecule has 0 aliphatic rings. The predicted octanol–water partition coefficient (Wildman–Crippen LogP) is 2.97. The Morgan fingerprint density at radius 2 is 1.56 bits per heavy atom. The van der Waals surface area contributed by atoms with Gasteiger partial charge in [-0.1, -0.05) is 45.0 Å². The molecule has 0 bridgehead atoms. The third kappa shape index (κ3) is 5.32. The van der Waals surface area contributed by atoms with Gasteiger partial charge in [-0.3, -0.25) is 4.21 Å². The van der Waals surface area contributed by atoms with Crippen LogP contribution >= 0.6 is 0 Å². The lowest BCUT2D eigenvalue weighted by Gasteiger charge is -2.20. The van der Waals surface area contributed by atoms with E-state index >= 15 is 0 Å². The fourth-order valence-electron chi connectivity index (χ4n) is 1.75. The second-order valence-electron chi connectivity index (χ2n) is 6.66. The lowest BCUT2D eigenvalue weighted by atomic mass is 9.87. The van der Waals surface area contributed by atoms with Gasteiger partial charge in [0.15, 0.2) is 0 Å². The van der Waals surface area contributed by atoms with Crippen molar-refractivity contribution in [2.45, 2.75) is 51.3 Å². The summed E-state index contributed by atoms with van der Waals surface area (Å²) in [6.45, 7) is 10.4. The van der Waals surface area contributed by atoms with Gasteiger partial charge in [0.05, 0.1) is 0 Å². The molecule has 1 atom stereocenters. The number of rotatable bonds is 4. The van der Waals surface area contributed by atoms with Crippen LogP contribution in [0.4, 0.5) is 0 Å². The summed E-state index contributed by atoms with van der Waals surface area (Å²) in [6, 6.07) is 8.39. The van der Waals surface area contributed by atoms with E-state index in [1.807, 2.05) is 13.8 Å². The Morgan fingerprint density at radius 3 is 1.94 bits per heavy atom. The van der Waals surface area contributed by atoms with Gasteiger partial charge in [-0.25, -0.2) is 0 Å². The Kier molecular flexibility index (Phi) is 4.73. The Bertz CT molecular complexity index is 410. The van der Waals surface area contributed by atoms with Crippen LogP contribution in [0.1, 0.15) is 45.7 Å². The van der Waals surface area contributed by atoms with Crippen molar-refractivity contribution in [3.8, 4) is 0 Å². The molecule has 2 N–H and O–H groups in total. The molecule has 102 valence electrons. The topological polar surface area (TPSA) is 43.1 Å². The molecular formula is C15H25NOS. The molecule has 0 saturated heterocycles. The van der Waals surface area contributed by atoms with Crippen molar-refractivity contribution in [1.82, 2.24) is 0 Å². The zero-order valence-electron chi connectivity index (χ0n) is 12.1. The van der Waals surface area contributed by atoms with Crippen molar-refractivity contribution in [3.63, 3.8) is 0 Å². The molecule has 0 radical (unpaired) electrons. The lowest BCUT2D eigenvalue weighted by Crippen LogP contribution is -2.38. The SMILES string of the molecule is CC(C)(N)CS(=O)Cc1ccc(C(C)(C)C)cc1. The van der Waals surface area contributed by atoms with E-state index in [2.05, 4.69) is 45.0 Å². The van der Waals surface area contributed by atoms with Crippen LogP contribution < -0.4 is 5.73 Å². The van der Waals surface area contributed by atoms with Crippen molar-refractivity contribution in [2.24, 2.45) is 5.73 Å². The van der Waals surface area contributed by atoms with E-state index in [4.69, 9.17) is 5.73 Å². The molecule has 1 rings (SSSR count). The summed E-state index contributed by atoms with van der Waals surface area (Å²) in [5.74, 6) is 1.12. The predicted molar refractivity (Wildman–Crippen MR) is 80.1 cm³/mol. The smallest absolute Gasteiger partial charge is 0.0486 e. The van der Waals surface area contributed by atoms with Crippen LogP contribution in [0.2, 0.25) is 0 Å². The molecule has 0 aliphatic heterocycles. The normalized spacial score (nSPS) is 14.6. The van der Waals surface area contributed by atoms with Crippen molar-refractivity contribution in [1.29, 1.82) is 0 Å². The van der Waals surface area contributed by atoms with E-state index in [1.165, 1.54) is 5.56 Å². The fourth-order valence-corrected chi connectivity index (χ4v) is 3.25.